The number of ketones is 1. The molecule has 1 atom stereocenters. The SMILES string of the molecule is CC(C)OCCN1C(=O)C(O)=C(C(=O)c2cc3cc(Br)ccc3o2)C1c1ccc(F)cc1. The van der Waals surface area contributed by atoms with Gasteiger partial charge >= 0.3 is 0 Å². The molecule has 0 radical (unpaired) electrons. The molecule has 1 amide bonds. The van der Waals surface area contributed by atoms with E-state index < -0.39 is 29.3 Å². The molecule has 0 spiro atoms. The zero-order chi connectivity index (χ0) is 23.0. The molecule has 2 aromatic carbocycles. The fourth-order valence-electron chi connectivity index (χ4n) is 3.75. The zero-order valence-corrected chi connectivity index (χ0v) is 19.1. The van der Waals surface area contributed by atoms with Crippen molar-refractivity contribution in [3.8, 4) is 0 Å². The summed E-state index contributed by atoms with van der Waals surface area (Å²) >= 11 is 3.38. The van der Waals surface area contributed by atoms with Crippen LogP contribution in [-0.4, -0.2) is 41.0 Å². The third-order valence-corrected chi connectivity index (χ3v) is 5.71. The number of carbonyl (C=O) groups excluding carboxylic acids is 2. The highest BCUT2D eigenvalue weighted by atomic mass is 79.9. The van der Waals surface area contributed by atoms with E-state index in [1.807, 2.05) is 13.8 Å². The lowest BCUT2D eigenvalue weighted by Crippen LogP contribution is -2.34. The molecule has 0 saturated heterocycles. The lowest BCUT2D eigenvalue weighted by atomic mass is 9.95. The van der Waals surface area contributed by atoms with E-state index in [-0.39, 0.29) is 30.6 Å². The molecule has 1 aromatic heterocycles. The third kappa shape index (κ3) is 4.20. The molecule has 3 aromatic rings. The fraction of sp³-hybridized carbons (Fsp3) is 0.250. The molecule has 2 heterocycles. The molecule has 0 aliphatic carbocycles. The molecule has 0 fully saturated rings. The van der Waals surface area contributed by atoms with Crippen LogP contribution in [0, 0.1) is 5.82 Å². The maximum Gasteiger partial charge on any atom is 0.290 e. The number of carbonyl (C=O) groups is 2. The van der Waals surface area contributed by atoms with Crippen LogP contribution in [0.1, 0.15) is 36.0 Å². The first-order chi connectivity index (χ1) is 15.3. The number of ether oxygens (including phenoxy) is 1. The minimum Gasteiger partial charge on any atom is -0.503 e. The van der Waals surface area contributed by atoms with E-state index in [0.29, 0.717) is 16.5 Å². The maximum absolute atomic E-state index is 13.5. The Kier molecular flexibility index (Phi) is 6.17. The van der Waals surface area contributed by atoms with Crippen LogP contribution < -0.4 is 0 Å². The summed E-state index contributed by atoms with van der Waals surface area (Å²) in [4.78, 5) is 27.7. The van der Waals surface area contributed by atoms with Gasteiger partial charge in [-0.25, -0.2) is 4.39 Å². The van der Waals surface area contributed by atoms with Crippen molar-refractivity contribution in [1.82, 2.24) is 4.90 Å². The number of fused-ring (bicyclic) bond motifs is 1. The summed E-state index contributed by atoms with van der Waals surface area (Å²) in [5.41, 5.74) is 0.890. The van der Waals surface area contributed by atoms with Gasteiger partial charge in [-0.1, -0.05) is 28.1 Å². The predicted molar refractivity (Wildman–Crippen MR) is 120 cm³/mol. The van der Waals surface area contributed by atoms with Crippen LogP contribution in [-0.2, 0) is 9.53 Å². The highest BCUT2D eigenvalue weighted by Crippen LogP contribution is 2.39. The molecule has 8 heteroatoms. The van der Waals surface area contributed by atoms with Crippen LogP contribution >= 0.6 is 15.9 Å². The van der Waals surface area contributed by atoms with E-state index in [1.54, 1.807) is 24.3 Å². The zero-order valence-electron chi connectivity index (χ0n) is 17.5. The first-order valence-corrected chi connectivity index (χ1v) is 10.9. The Morgan fingerprint density at radius 3 is 2.62 bits per heavy atom. The molecule has 0 bridgehead atoms. The minimum absolute atomic E-state index is 0.000146. The molecule has 6 nitrogen and oxygen atoms in total. The Morgan fingerprint density at radius 2 is 1.94 bits per heavy atom. The summed E-state index contributed by atoms with van der Waals surface area (Å²) < 4.78 is 25.6. The molecule has 32 heavy (non-hydrogen) atoms. The average molecular weight is 502 g/mol. The Balaban J connectivity index is 1.74. The number of nitrogens with zero attached hydrogens (tertiary/aromatic N) is 1. The second-order valence-corrected chi connectivity index (χ2v) is 8.67. The Hall–Kier alpha value is -2.97. The van der Waals surface area contributed by atoms with E-state index in [2.05, 4.69) is 15.9 Å². The molecule has 1 unspecified atom stereocenters. The number of aliphatic hydroxyl groups is 1. The summed E-state index contributed by atoms with van der Waals surface area (Å²) in [5, 5.41) is 11.4. The summed E-state index contributed by atoms with van der Waals surface area (Å²) in [7, 11) is 0. The van der Waals surface area contributed by atoms with Gasteiger partial charge in [0.25, 0.3) is 5.91 Å². The quantitative estimate of drug-likeness (QED) is 0.442. The van der Waals surface area contributed by atoms with Gasteiger partial charge in [0.2, 0.25) is 5.78 Å². The van der Waals surface area contributed by atoms with E-state index in [4.69, 9.17) is 9.15 Å². The van der Waals surface area contributed by atoms with Crippen LogP contribution in [0.15, 0.2) is 68.8 Å². The average Bonchev–Trinajstić information content (AvgIpc) is 3.27. The molecular weight excluding hydrogens is 481 g/mol. The van der Waals surface area contributed by atoms with Crippen molar-refractivity contribution in [2.24, 2.45) is 0 Å². The number of aliphatic hydroxyl groups excluding tert-OH is 1. The summed E-state index contributed by atoms with van der Waals surface area (Å²) in [6, 6.07) is 11.5. The predicted octanol–water partition coefficient (Wildman–Crippen LogP) is 5.34. The van der Waals surface area contributed by atoms with Crippen LogP contribution in [0.2, 0.25) is 0 Å². The molecule has 0 saturated carbocycles. The number of amides is 1. The highest BCUT2D eigenvalue weighted by molar-refractivity contribution is 9.10. The van der Waals surface area contributed by atoms with Crippen molar-refractivity contribution in [2.45, 2.75) is 26.0 Å². The van der Waals surface area contributed by atoms with Gasteiger partial charge in [-0.3, -0.25) is 9.59 Å². The molecule has 1 aliphatic heterocycles. The van der Waals surface area contributed by atoms with Crippen LogP contribution in [0.3, 0.4) is 0 Å². The second kappa shape index (κ2) is 8.88. The first kappa shape index (κ1) is 22.2. The van der Waals surface area contributed by atoms with Gasteiger partial charge < -0.3 is 19.2 Å². The normalized spacial score (nSPS) is 16.6. The fourth-order valence-corrected chi connectivity index (χ4v) is 4.13. The summed E-state index contributed by atoms with van der Waals surface area (Å²) in [6.07, 6.45) is -0.0468. The molecule has 166 valence electrons. The van der Waals surface area contributed by atoms with Crippen LogP contribution in [0.5, 0.6) is 0 Å². The standard InChI is InChI=1S/C24H21BrFNO5/c1-13(2)31-10-9-27-21(14-3-6-17(26)7-4-14)20(23(29)24(27)30)22(28)19-12-15-11-16(25)5-8-18(15)32-19/h3-8,11-13,21,29H,9-10H2,1-2H3. The van der Waals surface area contributed by atoms with E-state index >= 15 is 0 Å². The van der Waals surface area contributed by atoms with Gasteiger partial charge in [0.1, 0.15) is 11.4 Å². The third-order valence-electron chi connectivity index (χ3n) is 5.22. The number of rotatable bonds is 7. The van der Waals surface area contributed by atoms with Gasteiger partial charge in [-0.05, 0) is 55.8 Å². The number of benzene rings is 2. The van der Waals surface area contributed by atoms with E-state index in [0.717, 1.165) is 4.47 Å². The minimum atomic E-state index is -0.897. The van der Waals surface area contributed by atoms with Gasteiger partial charge in [-0.15, -0.1) is 0 Å². The number of hydrogen-bond acceptors (Lipinski definition) is 5. The number of hydrogen-bond donors (Lipinski definition) is 1. The van der Waals surface area contributed by atoms with E-state index in [9.17, 15) is 19.1 Å². The molecular formula is C24H21BrFNO5. The highest BCUT2D eigenvalue weighted by Gasteiger charge is 2.44. The first-order valence-electron chi connectivity index (χ1n) is 10.1. The lowest BCUT2D eigenvalue weighted by Gasteiger charge is -2.27. The van der Waals surface area contributed by atoms with Crippen molar-refractivity contribution < 1.29 is 28.2 Å². The van der Waals surface area contributed by atoms with Crippen LogP contribution in [0.25, 0.3) is 11.0 Å². The number of Topliss-reactive ketones (excluding diaryl/α,β-unsaturated/α-hetero) is 1. The lowest BCUT2D eigenvalue weighted by molar-refractivity contribution is -0.130. The van der Waals surface area contributed by atoms with Crippen LogP contribution in [0.4, 0.5) is 4.39 Å². The van der Waals surface area contributed by atoms with Crippen molar-refractivity contribution >= 4 is 38.6 Å². The monoisotopic (exact) mass is 501 g/mol. The van der Waals surface area contributed by atoms with Gasteiger partial charge in [0.15, 0.2) is 11.5 Å². The Morgan fingerprint density at radius 1 is 1.22 bits per heavy atom. The summed E-state index contributed by atoms with van der Waals surface area (Å²) in [5.74, 6) is -2.38. The van der Waals surface area contributed by atoms with Crippen molar-refractivity contribution in [3.05, 3.63) is 81.5 Å². The Bertz CT molecular complexity index is 1210. The van der Waals surface area contributed by atoms with Gasteiger partial charge in [0, 0.05) is 16.4 Å². The second-order valence-electron chi connectivity index (χ2n) is 7.76. The smallest absolute Gasteiger partial charge is 0.290 e. The molecule has 1 aliphatic rings. The van der Waals surface area contributed by atoms with Crippen molar-refractivity contribution in [3.63, 3.8) is 0 Å². The Labute approximate surface area is 192 Å². The van der Waals surface area contributed by atoms with Gasteiger partial charge in [0.05, 0.1) is 24.3 Å². The maximum atomic E-state index is 13.5. The van der Waals surface area contributed by atoms with E-state index in [1.165, 1.54) is 29.2 Å². The van der Waals surface area contributed by atoms with Crippen molar-refractivity contribution in [1.29, 1.82) is 0 Å². The van der Waals surface area contributed by atoms with Crippen molar-refractivity contribution in [2.75, 3.05) is 13.2 Å². The summed E-state index contributed by atoms with van der Waals surface area (Å²) in [6.45, 7) is 4.10. The van der Waals surface area contributed by atoms with Gasteiger partial charge in [-0.2, -0.15) is 0 Å². The largest absolute Gasteiger partial charge is 0.503 e. The topological polar surface area (TPSA) is 80.0 Å². The molecule has 1 N–H and O–H groups in total. The molecule has 4 rings (SSSR count). The number of halogens is 2. The number of furan rings is 1.